The monoisotopic (exact) mass is 329 g/mol. The summed E-state index contributed by atoms with van der Waals surface area (Å²) in [6.45, 7) is 5.89. The summed E-state index contributed by atoms with van der Waals surface area (Å²) in [4.78, 5) is 19.2. The molecule has 0 radical (unpaired) electrons. The highest BCUT2D eigenvalue weighted by atomic mass is 32.1. The second-order valence-corrected chi connectivity index (χ2v) is 7.08. The molecule has 0 aliphatic carbocycles. The van der Waals surface area contributed by atoms with Gasteiger partial charge in [0.2, 0.25) is 5.91 Å². The van der Waals surface area contributed by atoms with Crippen LogP contribution < -0.4 is 5.32 Å². The lowest BCUT2D eigenvalue weighted by atomic mass is 10.1. The Hall–Kier alpha value is -1.72. The van der Waals surface area contributed by atoms with Gasteiger partial charge in [-0.3, -0.25) is 4.79 Å². The Labute approximate surface area is 141 Å². The van der Waals surface area contributed by atoms with E-state index in [2.05, 4.69) is 36.3 Å². The molecular formula is C18H23N3OS. The number of amides is 1. The van der Waals surface area contributed by atoms with Crippen molar-refractivity contribution in [1.29, 1.82) is 0 Å². The predicted octanol–water partition coefficient (Wildman–Crippen LogP) is 2.49. The Morgan fingerprint density at radius 2 is 2.13 bits per heavy atom. The van der Waals surface area contributed by atoms with Crippen LogP contribution in [0.2, 0.25) is 0 Å². The van der Waals surface area contributed by atoms with Crippen molar-refractivity contribution < 1.29 is 4.79 Å². The summed E-state index contributed by atoms with van der Waals surface area (Å²) in [6.07, 6.45) is 1.24. The Bertz CT molecular complexity index is 655. The maximum Gasteiger partial charge on any atom is 0.228 e. The van der Waals surface area contributed by atoms with Crippen molar-refractivity contribution in [2.45, 2.75) is 38.8 Å². The Morgan fingerprint density at radius 3 is 2.91 bits per heavy atom. The number of nitrogens with zero attached hydrogens (tertiary/aromatic N) is 2. The molecule has 0 bridgehead atoms. The van der Waals surface area contributed by atoms with Crippen molar-refractivity contribution in [2.75, 3.05) is 13.1 Å². The number of benzene rings is 1. The zero-order valence-electron chi connectivity index (χ0n) is 13.7. The molecule has 1 saturated heterocycles. The van der Waals surface area contributed by atoms with Gasteiger partial charge in [-0.25, -0.2) is 4.98 Å². The SMILES string of the molecule is CC1NCCN(C(=O)Cc2csc(Cc3ccccc3)n2)C1C. The van der Waals surface area contributed by atoms with E-state index in [1.807, 2.05) is 28.5 Å². The van der Waals surface area contributed by atoms with Crippen LogP contribution in [0.5, 0.6) is 0 Å². The third-order valence-electron chi connectivity index (χ3n) is 4.48. The highest BCUT2D eigenvalue weighted by Crippen LogP contribution is 2.17. The number of thiazole rings is 1. The summed E-state index contributed by atoms with van der Waals surface area (Å²) in [5, 5.41) is 6.49. The van der Waals surface area contributed by atoms with E-state index >= 15 is 0 Å². The van der Waals surface area contributed by atoms with Gasteiger partial charge in [0.25, 0.3) is 0 Å². The molecule has 1 aromatic heterocycles. The minimum Gasteiger partial charge on any atom is -0.337 e. The number of hydrogen-bond donors (Lipinski definition) is 1. The predicted molar refractivity (Wildman–Crippen MR) is 93.7 cm³/mol. The van der Waals surface area contributed by atoms with Crippen LogP contribution in [-0.2, 0) is 17.6 Å². The van der Waals surface area contributed by atoms with Crippen LogP contribution in [0.3, 0.4) is 0 Å². The minimum absolute atomic E-state index is 0.183. The lowest BCUT2D eigenvalue weighted by Gasteiger charge is -2.38. The molecule has 1 fully saturated rings. The van der Waals surface area contributed by atoms with Crippen molar-refractivity contribution in [1.82, 2.24) is 15.2 Å². The van der Waals surface area contributed by atoms with E-state index in [-0.39, 0.29) is 11.9 Å². The Kier molecular flexibility index (Phi) is 5.08. The molecule has 1 N–H and O–H groups in total. The first-order valence-corrected chi connectivity index (χ1v) is 9.01. The molecule has 2 heterocycles. The normalized spacial score (nSPS) is 21.4. The molecule has 2 unspecified atom stereocenters. The van der Waals surface area contributed by atoms with Gasteiger partial charge in [-0.2, -0.15) is 0 Å². The lowest BCUT2D eigenvalue weighted by Crippen LogP contribution is -2.57. The van der Waals surface area contributed by atoms with Gasteiger partial charge in [-0.1, -0.05) is 30.3 Å². The van der Waals surface area contributed by atoms with Crippen LogP contribution in [0.25, 0.3) is 0 Å². The standard InChI is InChI=1S/C18H23N3OS/c1-13-14(2)21(9-8-19-13)18(22)11-16-12-23-17(20-16)10-15-6-4-3-5-7-15/h3-7,12-14,19H,8-11H2,1-2H3. The maximum atomic E-state index is 12.6. The zero-order chi connectivity index (χ0) is 16.2. The van der Waals surface area contributed by atoms with Gasteiger partial charge in [0, 0.05) is 37.0 Å². The fraction of sp³-hybridized carbons (Fsp3) is 0.444. The van der Waals surface area contributed by atoms with Crippen LogP contribution in [-0.4, -0.2) is 41.0 Å². The van der Waals surface area contributed by atoms with Crippen LogP contribution in [0.4, 0.5) is 0 Å². The molecule has 1 amide bonds. The number of aromatic nitrogens is 1. The molecule has 0 spiro atoms. The zero-order valence-corrected chi connectivity index (χ0v) is 14.5. The van der Waals surface area contributed by atoms with Crippen molar-refractivity contribution in [2.24, 2.45) is 0 Å². The molecule has 23 heavy (non-hydrogen) atoms. The van der Waals surface area contributed by atoms with E-state index in [1.54, 1.807) is 11.3 Å². The summed E-state index contributed by atoms with van der Waals surface area (Å²) >= 11 is 1.64. The van der Waals surface area contributed by atoms with Crippen molar-refractivity contribution >= 4 is 17.2 Å². The molecule has 5 heteroatoms. The van der Waals surface area contributed by atoms with E-state index in [0.717, 1.165) is 30.2 Å². The van der Waals surface area contributed by atoms with Gasteiger partial charge >= 0.3 is 0 Å². The smallest absolute Gasteiger partial charge is 0.228 e. The molecule has 1 aliphatic rings. The largest absolute Gasteiger partial charge is 0.337 e. The average molecular weight is 329 g/mol. The summed E-state index contributed by atoms with van der Waals surface area (Å²) in [6, 6.07) is 10.9. The number of piperazine rings is 1. The Morgan fingerprint density at radius 1 is 1.35 bits per heavy atom. The quantitative estimate of drug-likeness (QED) is 0.937. The molecule has 3 rings (SSSR count). The summed E-state index contributed by atoms with van der Waals surface area (Å²) in [7, 11) is 0. The average Bonchev–Trinajstić information content (AvgIpc) is 2.98. The molecule has 1 aromatic carbocycles. The van der Waals surface area contributed by atoms with Crippen molar-refractivity contribution in [3.8, 4) is 0 Å². The minimum atomic E-state index is 0.183. The van der Waals surface area contributed by atoms with Crippen LogP contribution >= 0.6 is 11.3 Å². The third-order valence-corrected chi connectivity index (χ3v) is 5.38. The van der Waals surface area contributed by atoms with Crippen LogP contribution in [0, 0.1) is 0 Å². The second kappa shape index (κ2) is 7.23. The summed E-state index contributed by atoms with van der Waals surface area (Å²) < 4.78 is 0. The number of nitrogens with one attached hydrogen (secondary N) is 1. The molecule has 0 saturated carbocycles. The third kappa shape index (κ3) is 3.98. The van der Waals surface area contributed by atoms with E-state index in [1.165, 1.54) is 5.56 Å². The fourth-order valence-corrected chi connectivity index (χ4v) is 3.77. The lowest BCUT2D eigenvalue weighted by molar-refractivity contribution is -0.134. The molecule has 4 nitrogen and oxygen atoms in total. The van der Waals surface area contributed by atoms with E-state index in [9.17, 15) is 4.79 Å². The van der Waals surface area contributed by atoms with Gasteiger partial charge < -0.3 is 10.2 Å². The first kappa shape index (κ1) is 16.1. The molecular weight excluding hydrogens is 306 g/mol. The van der Waals surface area contributed by atoms with Crippen LogP contribution in [0.15, 0.2) is 35.7 Å². The van der Waals surface area contributed by atoms with Crippen molar-refractivity contribution in [3.63, 3.8) is 0 Å². The topological polar surface area (TPSA) is 45.2 Å². The molecule has 122 valence electrons. The highest BCUT2D eigenvalue weighted by Gasteiger charge is 2.28. The molecule has 2 aromatic rings. The second-order valence-electron chi connectivity index (χ2n) is 6.14. The fourth-order valence-electron chi connectivity index (χ4n) is 2.95. The Balaban J connectivity index is 1.61. The van der Waals surface area contributed by atoms with E-state index < -0.39 is 0 Å². The van der Waals surface area contributed by atoms with Gasteiger partial charge in [0.05, 0.1) is 17.1 Å². The van der Waals surface area contributed by atoms with Crippen LogP contribution in [0.1, 0.15) is 30.1 Å². The first-order valence-electron chi connectivity index (χ1n) is 8.13. The van der Waals surface area contributed by atoms with Crippen molar-refractivity contribution in [3.05, 3.63) is 52.0 Å². The van der Waals surface area contributed by atoms with Gasteiger partial charge in [-0.15, -0.1) is 11.3 Å². The van der Waals surface area contributed by atoms with Gasteiger partial charge in [0.1, 0.15) is 0 Å². The summed E-state index contributed by atoms with van der Waals surface area (Å²) in [5.41, 5.74) is 2.15. The first-order chi connectivity index (χ1) is 11.1. The van der Waals surface area contributed by atoms with E-state index in [4.69, 9.17) is 0 Å². The summed E-state index contributed by atoms with van der Waals surface area (Å²) in [5.74, 6) is 0.183. The molecule has 1 aliphatic heterocycles. The highest BCUT2D eigenvalue weighted by molar-refractivity contribution is 7.09. The number of carbonyl (C=O) groups is 1. The maximum absolute atomic E-state index is 12.6. The number of hydrogen-bond acceptors (Lipinski definition) is 4. The van der Waals surface area contributed by atoms with Gasteiger partial charge in [0.15, 0.2) is 0 Å². The number of rotatable bonds is 4. The van der Waals surface area contributed by atoms with Gasteiger partial charge in [-0.05, 0) is 19.4 Å². The number of carbonyl (C=O) groups excluding carboxylic acids is 1. The molecule has 2 atom stereocenters. The van der Waals surface area contributed by atoms with E-state index in [0.29, 0.717) is 12.5 Å².